The summed E-state index contributed by atoms with van der Waals surface area (Å²) in [5.74, 6) is 0.345. The van der Waals surface area contributed by atoms with E-state index in [1.54, 1.807) is 0 Å². The minimum absolute atomic E-state index is 0.153. The molecule has 104 valence electrons. The standard InChI is InChI=1S/C17H25NO/c1-3-6-14-7-5-8-15(12-14)16(19)17(9-4-2)10-11-18-13-17/h5,7-8,12,18H,3-4,6,9-11,13H2,1-2H3. The van der Waals surface area contributed by atoms with Crippen LogP contribution in [0.25, 0.3) is 0 Å². The van der Waals surface area contributed by atoms with E-state index in [0.717, 1.165) is 50.8 Å². The van der Waals surface area contributed by atoms with Gasteiger partial charge in [-0.3, -0.25) is 4.79 Å². The number of aryl methyl sites for hydroxylation is 1. The van der Waals surface area contributed by atoms with Gasteiger partial charge in [0.05, 0.1) is 0 Å². The zero-order chi connectivity index (χ0) is 13.7. The van der Waals surface area contributed by atoms with E-state index in [4.69, 9.17) is 0 Å². The highest BCUT2D eigenvalue weighted by molar-refractivity contribution is 6.01. The van der Waals surface area contributed by atoms with Crippen molar-refractivity contribution in [3.8, 4) is 0 Å². The van der Waals surface area contributed by atoms with Gasteiger partial charge in [-0.05, 0) is 37.4 Å². The Bertz CT molecular complexity index is 433. The third kappa shape index (κ3) is 3.06. The molecular weight excluding hydrogens is 234 g/mol. The van der Waals surface area contributed by atoms with Gasteiger partial charge in [0.15, 0.2) is 5.78 Å². The molecule has 1 N–H and O–H groups in total. The number of nitrogens with one attached hydrogen (secondary N) is 1. The smallest absolute Gasteiger partial charge is 0.170 e. The first kappa shape index (κ1) is 14.3. The molecule has 1 unspecified atom stereocenters. The van der Waals surface area contributed by atoms with Crippen molar-refractivity contribution in [1.29, 1.82) is 0 Å². The largest absolute Gasteiger partial charge is 0.316 e. The summed E-state index contributed by atoms with van der Waals surface area (Å²) in [7, 11) is 0. The van der Waals surface area contributed by atoms with Crippen molar-refractivity contribution in [3.05, 3.63) is 35.4 Å². The van der Waals surface area contributed by atoms with Crippen molar-refractivity contribution in [2.75, 3.05) is 13.1 Å². The lowest BCUT2D eigenvalue weighted by Crippen LogP contribution is -2.33. The predicted molar refractivity (Wildman–Crippen MR) is 79.6 cm³/mol. The lowest BCUT2D eigenvalue weighted by Gasteiger charge is -2.26. The summed E-state index contributed by atoms with van der Waals surface area (Å²) in [6, 6.07) is 8.23. The third-order valence-corrected chi connectivity index (χ3v) is 4.18. The number of hydrogen-bond donors (Lipinski definition) is 1. The van der Waals surface area contributed by atoms with E-state index >= 15 is 0 Å². The maximum atomic E-state index is 12.9. The molecule has 1 fully saturated rings. The molecule has 1 aromatic carbocycles. The molecule has 1 aliphatic rings. The third-order valence-electron chi connectivity index (χ3n) is 4.18. The Morgan fingerprint density at radius 1 is 1.32 bits per heavy atom. The minimum Gasteiger partial charge on any atom is -0.316 e. The van der Waals surface area contributed by atoms with Crippen molar-refractivity contribution >= 4 is 5.78 Å². The summed E-state index contributed by atoms with van der Waals surface area (Å²) in [5, 5.41) is 3.37. The van der Waals surface area contributed by atoms with Crippen LogP contribution in [-0.2, 0) is 6.42 Å². The second-order valence-electron chi connectivity index (χ2n) is 5.74. The molecule has 1 atom stereocenters. The van der Waals surface area contributed by atoms with Gasteiger partial charge < -0.3 is 5.32 Å². The zero-order valence-electron chi connectivity index (χ0n) is 12.2. The Hall–Kier alpha value is -1.15. The Labute approximate surface area is 116 Å². The highest BCUT2D eigenvalue weighted by atomic mass is 16.1. The summed E-state index contributed by atoms with van der Waals surface area (Å²) >= 11 is 0. The summed E-state index contributed by atoms with van der Waals surface area (Å²) < 4.78 is 0. The Kier molecular flexibility index (Phi) is 4.76. The molecule has 0 aromatic heterocycles. The first-order chi connectivity index (χ1) is 9.22. The number of carbonyl (C=O) groups excluding carboxylic acids is 1. The van der Waals surface area contributed by atoms with Crippen LogP contribution in [0.15, 0.2) is 24.3 Å². The number of hydrogen-bond acceptors (Lipinski definition) is 2. The van der Waals surface area contributed by atoms with Crippen LogP contribution in [-0.4, -0.2) is 18.9 Å². The van der Waals surface area contributed by atoms with Gasteiger partial charge in [-0.2, -0.15) is 0 Å². The number of rotatable bonds is 6. The molecule has 0 bridgehead atoms. The van der Waals surface area contributed by atoms with E-state index in [1.807, 2.05) is 12.1 Å². The minimum atomic E-state index is -0.153. The number of Topliss-reactive ketones (excluding diaryl/α,β-unsaturated/α-hetero) is 1. The summed E-state index contributed by atoms with van der Waals surface area (Å²) in [6.07, 6.45) is 5.23. The quantitative estimate of drug-likeness (QED) is 0.791. The number of benzene rings is 1. The van der Waals surface area contributed by atoms with Gasteiger partial charge in [-0.15, -0.1) is 0 Å². The van der Waals surface area contributed by atoms with Crippen LogP contribution in [0.1, 0.15) is 55.5 Å². The number of carbonyl (C=O) groups is 1. The van der Waals surface area contributed by atoms with E-state index < -0.39 is 0 Å². The molecule has 2 nitrogen and oxygen atoms in total. The van der Waals surface area contributed by atoms with E-state index in [-0.39, 0.29) is 5.41 Å². The summed E-state index contributed by atoms with van der Waals surface area (Å²) in [6.45, 7) is 6.16. The Morgan fingerprint density at radius 2 is 2.16 bits per heavy atom. The van der Waals surface area contributed by atoms with E-state index in [2.05, 4.69) is 31.3 Å². The molecule has 19 heavy (non-hydrogen) atoms. The van der Waals surface area contributed by atoms with Gasteiger partial charge in [0, 0.05) is 17.5 Å². The van der Waals surface area contributed by atoms with Crippen LogP contribution >= 0.6 is 0 Å². The van der Waals surface area contributed by atoms with E-state index in [0.29, 0.717) is 5.78 Å². The van der Waals surface area contributed by atoms with Gasteiger partial charge >= 0.3 is 0 Å². The normalized spacial score (nSPS) is 22.6. The maximum Gasteiger partial charge on any atom is 0.170 e. The Morgan fingerprint density at radius 3 is 2.79 bits per heavy atom. The van der Waals surface area contributed by atoms with Gasteiger partial charge in [0.1, 0.15) is 0 Å². The topological polar surface area (TPSA) is 29.1 Å². The zero-order valence-corrected chi connectivity index (χ0v) is 12.2. The summed E-state index contributed by atoms with van der Waals surface area (Å²) in [5.41, 5.74) is 2.04. The highest BCUT2D eigenvalue weighted by Crippen LogP contribution is 2.35. The number of ketones is 1. The summed E-state index contributed by atoms with van der Waals surface area (Å²) in [4.78, 5) is 12.9. The first-order valence-electron chi connectivity index (χ1n) is 7.56. The Balaban J connectivity index is 2.24. The van der Waals surface area contributed by atoms with Crippen LogP contribution in [0.5, 0.6) is 0 Å². The predicted octanol–water partition coefficient (Wildman–Crippen LogP) is 3.60. The molecule has 1 aliphatic heterocycles. The molecule has 2 rings (SSSR count). The molecule has 0 saturated carbocycles. The average Bonchev–Trinajstić information content (AvgIpc) is 2.89. The first-order valence-corrected chi connectivity index (χ1v) is 7.56. The molecule has 1 heterocycles. The molecule has 0 aliphatic carbocycles. The van der Waals surface area contributed by atoms with Crippen molar-refractivity contribution in [2.45, 2.75) is 46.0 Å². The van der Waals surface area contributed by atoms with Crippen LogP contribution < -0.4 is 5.32 Å². The van der Waals surface area contributed by atoms with Gasteiger partial charge in [0.25, 0.3) is 0 Å². The SMILES string of the molecule is CCCc1cccc(C(=O)C2(CCC)CCNC2)c1. The van der Waals surface area contributed by atoms with E-state index in [1.165, 1.54) is 5.56 Å². The van der Waals surface area contributed by atoms with Gasteiger partial charge in [-0.25, -0.2) is 0 Å². The van der Waals surface area contributed by atoms with Gasteiger partial charge in [0.2, 0.25) is 0 Å². The molecule has 2 heteroatoms. The van der Waals surface area contributed by atoms with Crippen LogP contribution in [0, 0.1) is 5.41 Å². The average molecular weight is 259 g/mol. The molecule has 0 spiro atoms. The molecule has 1 saturated heterocycles. The van der Waals surface area contributed by atoms with Crippen molar-refractivity contribution in [2.24, 2.45) is 5.41 Å². The molecule has 1 aromatic rings. The van der Waals surface area contributed by atoms with Crippen molar-refractivity contribution in [1.82, 2.24) is 5.32 Å². The fourth-order valence-electron chi connectivity index (χ4n) is 3.21. The second kappa shape index (κ2) is 6.33. The molecule has 0 amide bonds. The highest BCUT2D eigenvalue weighted by Gasteiger charge is 2.40. The van der Waals surface area contributed by atoms with Crippen molar-refractivity contribution in [3.63, 3.8) is 0 Å². The van der Waals surface area contributed by atoms with Crippen LogP contribution in [0.2, 0.25) is 0 Å². The lowest BCUT2D eigenvalue weighted by molar-refractivity contribution is 0.0801. The maximum absolute atomic E-state index is 12.9. The monoisotopic (exact) mass is 259 g/mol. The van der Waals surface area contributed by atoms with Crippen LogP contribution in [0.3, 0.4) is 0 Å². The van der Waals surface area contributed by atoms with Crippen molar-refractivity contribution < 1.29 is 4.79 Å². The fraction of sp³-hybridized carbons (Fsp3) is 0.588. The second-order valence-corrected chi connectivity index (χ2v) is 5.74. The van der Waals surface area contributed by atoms with Crippen LogP contribution in [0.4, 0.5) is 0 Å². The molecule has 0 radical (unpaired) electrons. The fourth-order valence-corrected chi connectivity index (χ4v) is 3.21. The van der Waals surface area contributed by atoms with Gasteiger partial charge in [-0.1, -0.05) is 44.9 Å². The molecular formula is C17H25NO. The lowest BCUT2D eigenvalue weighted by atomic mass is 9.76. The van der Waals surface area contributed by atoms with E-state index in [9.17, 15) is 4.79 Å².